The molecule has 12 heteroatoms. The number of benzene rings is 2. The monoisotopic (exact) mass is 585 g/mol. The van der Waals surface area contributed by atoms with Crippen LogP contribution in [0.1, 0.15) is 39.7 Å². The van der Waals surface area contributed by atoms with Crippen LogP contribution in [0.5, 0.6) is 11.5 Å². The van der Waals surface area contributed by atoms with Gasteiger partial charge in [0, 0.05) is 28.7 Å². The first-order chi connectivity index (χ1) is 18.0. The first kappa shape index (κ1) is 29.9. The number of carbonyl (C=O) groups is 2. The van der Waals surface area contributed by atoms with E-state index in [4.69, 9.17) is 32.7 Å². The lowest BCUT2D eigenvalue weighted by Crippen LogP contribution is -2.52. The van der Waals surface area contributed by atoms with Gasteiger partial charge >= 0.3 is 0 Å². The molecule has 2 aromatic rings. The molecule has 0 spiro atoms. The summed E-state index contributed by atoms with van der Waals surface area (Å²) in [5.74, 6) is -0.281. The van der Waals surface area contributed by atoms with Crippen molar-refractivity contribution in [3.63, 3.8) is 0 Å². The molecule has 0 aromatic heterocycles. The molecule has 1 heterocycles. The van der Waals surface area contributed by atoms with Gasteiger partial charge in [-0.25, -0.2) is 8.42 Å². The molecule has 208 valence electrons. The van der Waals surface area contributed by atoms with E-state index in [1.54, 1.807) is 37.3 Å². The highest BCUT2D eigenvalue weighted by Gasteiger charge is 2.32. The standard InChI is InChI=1S/C26H33Cl2N3O6S/c1-5-17(3)29-26(33)18(4)30(15-19-7-8-20(27)13-22(19)28)25(32)16-31(38(34,35)6-2)21-9-10-23-24(14-21)37-12-11-36-23/h7-10,13-14,17-18H,5-6,11-12,15-16H2,1-4H3,(H,29,33)/t17-,18+/m0/s1. The third-order valence-electron chi connectivity index (χ3n) is 6.32. The summed E-state index contributed by atoms with van der Waals surface area (Å²) in [6, 6.07) is 8.56. The van der Waals surface area contributed by atoms with Gasteiger partial charge in [0.05, 0.1) is 11.4 Å². The molecule has 2 aromatic carbocycles. The van der Waals surface area contributed by atoms with Crippen molar-refractivity contribution in [2.45, 2.75) is 52.7 Å². The molecule has 3 rings (SSSR count). The molecule has 9 nitrogen and oxygen atoms in total. The second kappa shape index (κ2) is 12.9. The van der Waals surface area contributed by atoms with Gasteiger partial charge in [-0.2, -0.15) is 0 Å². The van der Waals surface area contributed by atoms with Gasteiger partial charge in [0.15, 0.2) is 11.5 Å². The van der Waals surface area contributed by atoms with Gasteiger partial charge < -0.3 is 19.7 Å². The zero-order valence-corrected chi connectivity index (χ0v) is 24.2. The predicted molar refractivity (Wildman–Crippen MR) is 149 cm³/mol. The lowest BCUT2D eigenvalue weighted by molar-refractivity contribution is -0.139. The highest BCUT2D eigenvalue weighted by atomic mass is 35.5. The third-order valence-corrected chi connectivity index (χ3v) is 8.65. The number of nitrogens with one attached hydrogen (secondary N) is 1. The second-order valence-corrected chi connectivity index (χ2v) is 12.0. The number of ether oxygens (including phenoxy) is 2. The Balaban J connectivity index is 1.97. The number of amides is 2. The van der Waals surface area contributed by atoms with Gasteiger partial charge in [-0.15, -0.1) is 0 Å². The molecule has 0 saturated carbocycles. The fourth-order valence-corrected chi connectivity index (χ4v) is 5.31. The van der Waals surface area contributed by atoms with Crippen LogP contribution in [-0.4, -0.2) is 62.7 Å². The van der Waals surface area contributed by atoms with Crippen molar-refractivity contribution < 1.29 is 27.5 Å². The van der Waals surface area contributed by atoms with Gasteiger partial charge in [0.25, 0.3) is 0 Å². The van der Waals surface area contributed by atoms with Crippen molar-refractivity contribution in [1.29, 1.82) is 0 Å². The first-order valence-corrected chi connectivity index (χ1v) is 14.8. The van der Waals surface area contributed by atoms with Crippen molar-refractivity contribution in [3.05, 3.63) is 52.0 Å². The maximum Gasteiger partial charge on any atom is 0.244 e. The van der Waals surface area contributed by atoms with Crippen LogP contribution in [0.3, 0.4) is 0 Å². The van der Waals surface area contributed by atoms with Gasteiger partial charge in [-0.05, 0) is 57.0 Å². The fraction of sp³-hybridized carbons (Fsp3) is 0.462. The van der Waals surface area contributed by atoms with Crippen LogP contribution in [0.15, 0.2) is 36.4 Å². The SMILES string of the molecule is CC[C@H](C)NC(=O)[C@@H](C)N(Cc1ccc(Cl)cc1Cl)C(=O)CN(c1ccc2c(c1)OCCO2)S(=O)(=O)CC. The van der Waals surface area contributed by atoms with E-state index in [0.29, 0.717) is 46.7 Å². The van der Waals surface area contributed by atoms with E-state index in [1.165, 1.54) is 17.9 Å². The molecular formula is C26H33Cl2N3O6S. The number of rotatable bonds is 11. The van der Waals surface area contributed by atoms with Crippen LogP contribution in [0.25, 0.3) is 0 Å². The molecule has 0 bridgehead atoms. The molecule has 0 radical (unpaired) electrons. The largest absolute Gasteiger partial charge is 0.486 e. The number of hydrogen-bond acceptors (Lipinski definition) is 6. The lowest BCUT2D eigenvalue weighted by Gasteiger charge is -2.32. The Hall–Kier alpha value is -2.69. The molecule has 0 fully saturated rings. The van der Waals surface area contributed by atoms with E-state index in [2.05, 4.69) is 5.32 Å². The number of carbonyl (C=O) groups excluding carboxylic acids is 2. The van der Waals surface area contributed by atoms with E-state index < -0.39 is 28.5 Å². The van der Waals surface area contributed by atoms with Crippen LogP contribution in [0.4, 0.5) is 5.69 Å². The summed E-state index contributed by atoms with van der Waals surface area (Å²) in [5.41, 5.74) is 0.822. The highest BCUT2D eigenvalue weighted by Crippen LogP contribution is 2.35. The van der Waals surface area contributed by atoms with Crippen molar-refractivity contribution in [2.24, 2.45) is 0 Å². The Kier molecular flexibility index (Phi) is 10.1. The van der Waals surface area contributed by atoms with Crippen LogP contribution in [0, 0.1) is 0 Å². The average Bonchev–Trinajstić information content (AvgIpc) is 2.90. The average molecular weight is 587 g/mol. The Morgan fingerprint density at radius 1 is 1.03 bits per heavy atom. The van der Waals surface area contributed by atoms with Crippen LogP contribution in [-0.2, 0) is 26.2 Å². The van der Waals surface area contributed by atoms with Crippen LogP contribution in [0.2, 0.25) is 10.0 Å². The Morgan fingerprint density at radius 2 is 1.71 bits per heavy atom. The summed E-state index contributed by atoms with van der Waals surface area (Å²) >= 11 is 12.4. The normalized spacial score (nSPS) is 14.4. The van der Waals surface area contributed by atoms with Gasteiger partial charge in [0.1, 0.15) is 25.8 Å². The quantitative estimate of drug-likeness (QED) is 0.422. The highest BCUT2D eigenvalue weighted by molar-refractivity contribution is 7.92. The zero-order chi connectivity index (χ0) is 28.0. The van der Waals surface area contributed by atoms with Crippen molar-refractivity contribution in [3.8, 4) is 11.5 Å². The molecule has 2 amide bonds. The number of anilines is 1. The maximum atomic E-state index is 13.8. The number of nitrogens with zero attached hydrogens (tertiary/aromatic N) is 2. The molecule has 0 saturated heterocycles. The minimum absolute atomic E-state index is 0.0227. The summed E-state index contributed by atoms with van der Waals surface area (Å²) in [6.07, 6.45) is 0.710. The van der Waals surface area contributed by atoms with E-state index in [-0.39, 0.29) is 29.9 Å². The Bertz CT molecular complexity index is 1270. The smallest absolute Gasteiger partial charge is 0.244 e. The molecule has 1 aliphatic rings. The van der Waals surface area contributed by atoms with Gasteiger partial charge in [-0.3, -0.25) is 13.9 Å². The second-order valence-electron chi connectivity index (χ2n) is 8.99. The van der Waals surface area contributed by atoms with Crippen LogP contribution >= 0.6 is 23.2 Å². The zero-order valence-electron chi connectivity index (χ0n) is 21.9. The summed E-state index contributed by atoms with van der Waals surface area (Å²) in [7, 11) is -3.88. The van der Waals surface area contributed by atoms with Crippen LogP contribution < -0.4 is 19.1 Å². The van der Waals surface area contributed by atoms with E-state index in [1.807, 2.05) is 13.8 Å². The molecule has 0 aliphatic carbocycles. The number of halogens is 2. The Morgan fingerprint density at radius 3 is 2.34 bits per heavy atom. The summed E-state index contributed by atoms with van der Waals surface area (Å²) in [6.45, 7) is 7.07. The summed E-state index contributed by atoms with van der Waals surface area (Å²) in [4.78, 5) is 28.1. The topological polar surface area (TPSA) is 105 Å². The van der Waals surface area contributed by atoms with Gasteiger partial charge in [0.2, 0.25) is 21.8 Å². The number of sulfonamides is 1. The predicted octanol–water partition coefficient (Wildman–Crippen LogP) is 4.25. The minimum Gasteiger partial charge on any atom is -0.486 e. The van der Waals surface area contributed by atoms with Gasteiger partial charge in [-0.1, -0.05) is 36.2 Å². The van der Waals surface area contributed by atoms with Crippen molar-refractivity contribution in [1.82, 2.24) is 10.2 Å². The van der Waals surface area contributed by atoms with E-state index in [9.17, 15) is 18.0 Å². The van der Waals surface area contributed by atoms with Crippen molar-refractivity contribution in [2.75, 3.05) is 29.8 Å². The third kappa shape index (κ3) is 7.24. The lowest BCUT2D eigenvalue weighted by atomic mass is 10.1. The summed E-state index contributed by atoms with van der Waals surface area (Å²) in [5, 5.41) is 3.64. The minimum atomic E-state index is -3.88. The molecule has 38 heavy (non-hydrogen) atoms. The fourth-order valence-electron chi connectivity index (χ4n) is 3.79. The maximum absolute atomic E-state index is 13.8. The molecule has 2 atom stereocenters. The van der Waals surface area contributed by atoms with E-state index in [0.717, 1.165) is 4.31 Å². The number of hydrogen-bond donors (Lipinski definition) is 1. The Labute approximate surface area is 234 Å². The molecule has 0 unspecified atom stereocenters. The van der Waals surface area contributed by atoms with E-state index >= 15 is 0 Å². The number of fused-ring (bicyclic) bond motifs is 1. The first-order valence-electron chi connectivity index (χ1n) is 12.4. The molecule has 1 aliphatic heterocycles. The molecule has 1 N–H and O–H groups in total. The molecular weight excluding hydrogens is 553 g/mol. The van der Waals surface area contributed by atoms with Crippen molar-refractivity contribution >= 4 is 50.7 Å². The summed E-state index contributed by atoms with van der Waals surface area (Å²) < 4.78 is 38.4.